The Morgan fingerprint density at radius 1 is 0.938 bits per heavy atom. The second-order valence-electron chi connectivity index (χ2n) is 7.00. The van der Waals surface area contributed by atoms with E-state index in [1.54, 1.807) is 13.1 Å². The monoisotopic (exact) mass is 427 g/mol. The summed E-state index contributed by atoms with van der Waals surface area (Å²) in [7, 11) is 0. The molecule has 162 valence electrons. The summed E-state index contributed by atoms with van der Waals surface area (Å²) < 4.78 is 10.9. The van der Waals surface area contributed by atoms with Crippen molar-refractivity contribution in [1.29, 1.82) is 0 Å². The van der Waals surface area contributed by atoms with Gasteiger partial charge in [-0.2, -0.15) is 5.10 Å². The normalized spacial score (nSPS) is 11.1. The molecule has 0 saturated heterocycles. The van der Waals surface area contributed by atoms with Gasteiger partial charge in [0.05, 0.1) is 30.8 Å². The van der Waals surface area contributed by atoms with E-state index in [0.717, 1.165) is 28.0 Å². The minimum atomic E-state index is -0.422. The fraction of sp³-hybridized carbons (Fsp3) is 0.154. The molecule has 1 heterocycles. The van der Waals surface area contributed by atoms with Crippen LogP contribution in [0.1, 0.15) is 29.9 Å². The van der Waals surface area contributed by atoms with E-state index < -0.39 is 5.97 Å². The summed E-state index contributed by atoms with van der Waals surface area (Å²) in [6, 6.07) is 25.4. The molecule has 0 amide bonds. The van der Waals surface area contributed by atoms with E-state index in [4.69, 9.17) is 14.6 Å². The minimum Gasteiger partial charge on any atom is -0.494 e. The SMILES string of the molecule is CCOC(=O)c1[nH]c2ccc(OCC)cc2c1/C=N\N(c1ccccc1)c1ccccc1. The van der Waals surface area contributed by atoms with E-state index in [1.165, 1.54) is 0 Å². The van der Waals surface area contributed by atoms with Gasteiger partial charge in [-0.3, -0.25) is 0 Å². The number of aromatic nitrogens is 1. The first-order valence-corrected chi connectivity index (χ1v) is 10.6. The molecule has 0 radical (unpaired) electrons. The molecule has 0 unspecified atom stereocenters. The molecule has 1 N–H and O–H groups in total. The fourth-order valence-electron chi connectivity index (χ4n) is 3.48. The maximum absolute atomic E-state index is 12.7. The topological polar surface area (TPSA) is 66.9 Å². The van der Waals surface area contributed by atoms with Crippen LogP contribution in [0.5, 0.6) is 5.75 Å². The van der Waals surface area contributed by atoms with Crippen LogP contribution in [0.4, 0.5) is 11.4 Å². The van der Waals surface area contributed by atoms with Crippen LogP contribution >= 0.6 is 0 Å². The Hall–Kier alpha value is -4.06. The van der Waals surface area contributed by atoms with Gasteiger partial charge in [-0.05, 0) is 56.3 Å². The van der Waals surface area contributed by atoms with Gasteiger partial charge in [0.2, 0.25) is 0 Å². The lowest BCUT2D eigenvalue weighted by atomic mass is 10.1. The lowest BCUT2D eigenvalue weighted by molar-refractivity contribution is 0.0520. The molecule has 0 fully saturated rings. The first kappa shape index (κ1) is 21.2. The third-order valence-electron chi connectivity index (χ3n) is 4.90. The molecule has 0 spiro atoms. The second-order valence-corrected chi connectivity index (χ2v) is 7.00. The van der Waals surface area contributed by atoms with Crippen molar-refractivity contribution in [3.8, 4) is 5.75 Å². The van der Waals surface area contributed by atoms with Gasteiger partial charge in [-0.1, -0.05) is 36.4 Å². The number of fused-ring (bicyclic) bond motifs is 1. The van der Waals surface area contributed by atoms with E-state index in [0.29, 0.717) is 17.9 Å². The molecule has 0 aliphatic heterocycles. The van der Waals surface area contributed by atoms with Gasteiger partial charge < -0.3 is 14.5 Å². The van der Waals surface area contributed by atoms with Crippen LogP contribution in [0.3, 0.4) is 0 Å². The number of hydrazone groups is 1. The number of esters is 1. The van der Waals surface area contributed by atoms with Crippen molar-refractivity contribution in [3.63, 3.8) is 0 Å². The molecule has 6 nitrogen and oxygen atoms in total. The summed E-state index contributed by atoms with van der Waals surface area (Å²) in [6.45, 7) is 4.56. The van der Waals surface area contributed by atoms with Crippen LogP contribution in [0, 0.1) is 0 Å². The van der Waals surface area contributed by atoms with Crippen molar-refractivity contribution in [2.45, 2.75) is 13.8 Å². The second kappa shape index (κ2) is 9.83. The van der Waals surface area contributed by atoms with Crippen molar-refractivity contribution < 1.29 is 14.3 Å². The number of anilines is 2. The van der Waals surface area contributed by atoms with E-state index in [9.17, 15) is 4.79 Å². The van der Waals surface area contributed by atoms with E-state index in [-0.39, 0.29) is 6.61 Å². The number of rotatable bonds is 8. The van der Waals surface area contributed by atoms with Gasteiger partial charge in [-0.25, -0.2) is 9.80 Å². The molecular weight excluding hydrogens is 402 g/mol. The van der Waals surface area contributed by atoms with Crippen molar-refractivity contribution in [1.82, 2.24) is 4.98 Å². The van der Waals surface area contributed by atoms with Crippen molar-refractivity contribution in [2.75, 3.05) is 18.2 Å². The molecule has 6 heteroatoms. The fourth-order valence-corrected chi connectivity index (χ4v) is 3.48. The van der Waals surface area contributed by atoms with Crippen LogP contribution in [0.2, 0.25) is 0 Å². The van der Waals surface area contributed by atoms with Crippen LogP contribution < -0.4 is 9.75 Å². The van der Waals surface area contributed by atoms with Gasteiger partial charge >= 0.3 is 5.97 Å². The number of nitrogens with zero attached hydrogens (tertiary/aromatic N) is 2. The van der Waals surface area contributed by atoms with Gasteiger partial charge in [0.1, 0.15) is 11.4 Å². The number of aromatic amines is 1. The highest BCUT2D eigenvalue weighted by Gasteiger charge is 2.19. The number of carbonyl (C=O) groups is 1. The van der Waals surface area contributed by atoms with Crippen LogP contribution in [-0.2, 0) is 4.74 Å². The number of ether oxygens (including phenoxy) is 2. The summed E-state index contributed by atoms with van der Waals surface area (Å²) in [6.07, 6.45) is 1.70. The van der Waals surface area contributed by atoms with Gasteiger partial charge in [0.25, 0.3) is 0 Å². The Kier molecular flexibility index (Phi) is 6.51. The minimum absolute atomic E-state index is 0.287. The zero-order chi connectivity index (χ0) is 22.3. The molecule has 4 rings (SSSR count). The number of nitrogens with one attached hydrogen (secondary N) is 1. The molecule has 0 bridgehead atoms. The summed E-state index contributed by atoms with van der Waals surface area (Å²) in [5.41, 5.74) is 3.63. The highest BCUT2D eigenvalue weighted by molar-refractivity contribution is 6.09. The maximum atomic E-state index is 12.7. The zero-order valence-corrected chi connectivity index (χ0v) is 18.1. The molecule has 0 aliphatic carbocycles. The Morgan fingerprint density at radius 2 is 1.59 bits per heavy atom. The quantitative estimate of drug-likeness (QED) is 0.215. The number of hydrogen-bond acceptors (Lipinski definition) is 5. The number of H-pyrrole nitrogens is 1. The third kappa shape index (κ3) is 4.49. The molecule has 1 aromatic heterocycles. The molecular formula is C26H25N3O3. The van der Waals surface area contributed by atoms with Gasteiger partial charge in [0, 0.05) is 16.5 Å². The van der Waals surface area contributed by atoms with E-state index in [2.05, 4.69) is 4.98 Å². The molecule has 3 aromatic carbocycles. The lowest BCUT2D eigenvalue weighted by Gasteiger charge is -2.19. The smallest absolute Gasteiger partial charge is 0.355 e. The number of para-hydroxylation sites is 2. The Labute approximate surface area is 187 Å². The molecule has 0 atom stereocenters. The Morgan fingerprint density at radius 3 is 2.19 bits per heavy atom. The number of hydrogen-bond donors (Lipinski definition) is 1. The summed E-state index contributed by atoms with van der Waals surface area (Å²) in [5, 5.41) is 7.45. The van der Waals surface area contributed by atoms with Gasteiger partial charge in [0.15, 0.2) is 0 Å². The Bertz CT molecular complexity index is 1180. The first-order valence-electron chi connectivity index (χ1n) is 10.6. The predicted octanol–water partition coefficient (Wildman–Crippen LogP) is 5.92. The largest absolute Gasteiger partial charge is 0.494 e. The van der Waals surface area contributed by atoms with Crippen molar-refractivity contribution in [2.24, 2.45) is 5.10 Å². The predicted molar refractivity (Wildman–Crippen MR) is 128 cm³/mol. The highest BCUT2D eigenvalue weighted by atomic mass is 16.5. The average molecular weight is 428 g/mol. The van der Waals surface area contributed by atoms with Crippen molar-refractivity contribution >= 4 is 34.5 Å². The van der Waals surface area contributed by atoms with Gasteiger partial charge in [-0.15, -0.1) is 0 Å². The highest BCUT2D eigenvalue weighted by Crippen LogP contribution is 2.28. The van der Waals surface area contributed by atoms with Crippen molar-refractivity contribution in [3.05, 3.63) is 90.1 Å². The Balaban J connectivity index is 1.83. The summed E-state index contributed by atoms with van der Waals surface area (Å²) >= 11 is 0. The van der Waals surface area contributed by atoms with E-state index >= 15 is 0 Å². The molecule has 32 heavy (non-hydrogen) atoms. The lowest BCUT2D eigenvalue weighted by Crippen LogP contribution is -2.11. The third-order valence-corrected chi connectivity index (χ3v) is 4.90. The number of benzene rings is 3. The number of carbonyl (C=O) groups excluding carboxylic acids is 1. The van der Waals surface area contributed by atoms with Crippen LogP contribution in [0.15, 0.2) is 84.0 Å². The zero-order valence-electron chi connectivity index (χ0n) is 18.1. The summed E-state index contributed by atoms with van der Waals surface area (Å²) in [4.78, 5) is 15.9. The van der Waals surface area contributed by atoms with E-state index in [1.807, 2.05) is 90.8 Å². The average Bonchev–Trinajstić information content (AvgIpc) is 3.19. The molecule has 0 saturated carbocycles. The van der Waals surface area contributed by atoms with Crippen LogP contribution in [0.25, 0.3) is 10.9 Å². The molecule has 4 aromatic rings. The maximum Gasteiger partial charge on any atom is 0.355 e. The first-order chi connectivity index (χ1) is 15.7. The standard InChI is InChI=1S/C26H25N3O3/c1-3-31-21-15-16-24-22(17-21)23(25(28-24)26(30)32-4-2)18-27-29(19-11-7-5-8-12-19)20-13-9-6-10-14-20/h5-18,28H,3-4H2,1-2H3/b27-18-. The summed E-state index contributed by atoms with van der Waals surface area (Å²) in [5.74, 6) is 0.307. The molecule has 0 aliphatic rings. The van der Waals surface area contributed by atoms with Crippen LogP contribution in [-0.4, -0.2) is 30.4 Å².